The maximum atomic E-state index is 11.3. The molecule has 0 amide bonds. The molecule has 6 heteroatoms. The van der Waals surface area contributed by atoms with Crippen LogP contribution in [0.4, 0.5) is 5.88 Å². The lowest BCUT2D eigenvalue weighted by molar-refractivity contribution is -0.647. The van der Waals surface area contributed by atoms with Crippen LogP contribution in [0.1, 0.15) is 4.79 Å². The molecule has 0 spiro atoms. The molecule has 0 aliphatic heterocycles. The Morgan fingerprint density at radius 2 is 2.69 bits per heavy atom. The molecule has 13 heavy (non-hydrogen) atoms. The van der Waals surface area contributed by atoms with Gasteiger partial charge in [-0.3, -0.25) is 4.52 Å². The Hall–Kier alpha value is -1.30. The number of hydrogen-bond acceptors (Lipinski definition) is 5. The normalized spacial score (nSPS) is 9.85. The van der Waals surface area contributed by atoms with Gasteiger partial charge in [-0.15, -0.1) is 18.3 Å². The molecular weight excluding hydrogens is 190 g/mol. The Kier molecular flexibility index (Phi) is 3.51. The van der Waals surface area contributed by atoms with E-state index in [4.69, 9.17) is 5.73 Å². The van der Waals surface area contributed by atoms with E-state index in [9.17, 15) is 4.79 Å². The van der Waals surface area contributed by atoms with E-state index in [0.717, 1.165) is 10.4 Å². The molecule has 70 valence electrons. The molecule has 2 N–H and O–H groups in total. The summed E-state index contributed by atoms with van der Waals surface area (Å²) < 4.78 is 5.62. The van der Waals surface area contributed by atoms with E-state index in [1.807, 2.05) is 0 Å². The molecule has 5 nitrogen and oxygen atoms in total. The largest absolute Gasteiger partial charge is 0.429 e. The first-order valence-corrected chi connectivity index (χ1v) is 4.75. The van der Waals surface area contributed by atoms with E-state index in [0.29, 0.717) is 5.75 Å². The molecule has 0 radical (unpaired) electrons. The number of nitrogen functional groups attached to an aromatic ring is 1. The molecule has 0 unspecified atom stereocenters. The second-order valence-corrected chi connectivity index (χ2v) is 3.28. The van der Waals surface area contributed by atoms with Gasteiger partial charge >= 0.3 is 5.91 Å². The number of nitrogens with two attached hydrogens (primary N) is 1. The van der Waals surface area contributed by atoms with E-state index < -0.39 is 0 Å². The fourth-order valence-corrected chi connectivity index (χ4v) is 1.26. The predicted molar refractivity (Wildman–Crippen MR) is 49.3 cm³/mol. The summed E-state index contributed by atoms with van der Waals surface area (Å²) in [5.74, 6) is 1.04. The summed E-state index contributed by atoms with van der Waals surface area (Å²) in [6, 6.07) is 0. The Labute approximate surface area is 79.6 Å². The van der Waals surface area contributed by atoms with Gasteiger partial charge in [-0.05, 0) is 0 Å². The maximum Gasteiger partial charge on any atom is 0.429 e. The molecular formula is C7H10N3O2S+. The van der Waals surface area contributed by atoms with Crippen molar-refractivity contribution in [1.29, 1.82) is 0 Å². The summed E-state index contributed by atoms with van der Waals surface area (Å²) >= 11 is 1.45. The molecule has 0 saturated carbocycles. The third kappa shape index (κ3) is 2.90. The van der Waals surface area contributed by atoms with Gasteiger partial charge in [0.25, 0.3) is 12.1 Å². The first kappa shape index (κ1) is 9.79. The number of carbonyl (C=O) groups is 1. The zero-order chi connectivity index (χ0) is 9.68. The van der Waals surface area contributed by atoms with Crippen molar-refractivity contribution in [2.75, 3.05) is 17.2 Å². The standard InChI is InChI=1S/C7H10N3O2S/c1-2-3-13-5-7(11)10-4-6(8)12-9-10/h2,4H,1,3,5,8H2/q+1. The maximum absolute atomic E-state index is 11.3. The van der Waals surface area contributed by atoms with Gasteiger partial charge in [0.05, 0.1) is 0 Å². The third-order valence-corrected chi connectivity index (χ3v) is 2.12. The van der Waals surface area contributed by atoms with Crippen LogP contribution in [0.2, 0.25) is 0 Å². The van der Waals surface area contributed by atoms with Crippen LogP contribution in [0, 0.1) is 0 Å². The van der Waals surface area contributed by atoms with Crippen molar-refractivity contribution in [2.45, 2.75) is 0 Å². The topological polar surface area (TPSA) is 73.0 Å². The van der Waals surface area contributed by atoms with Crippen LogP contribution in [0.25, 0.3) is 0 Å². The van der Waals surface area contributed by atoms with Crippen LogP contribution in [-0.4, -0.2) is 22.7 Å². The van der Waals surface area contributed by atoms with E-state index in [1.165, 1.54) is 18.0 Å². The molecule has 0 aliphatic carbocycles. The summed E-state index contributed by atoms with van der Waals surface area (Å²) in [5.41, 5.74) is 5.25. The Bertz CT molecular complexity index is 310. The average Bonchev–Trinajstić information content (AvgIpc) is 2.52. The molecule has 0 saturated heterocycles. The SMILES string of the molecule is C=CCSCC(=O)[n+]1cc(N)on1. The van der Waals surface area contributed by atoms with Gasteiger partial charge in [-0.2, -0.15) is 0 Å². The molecule has 1 heterocycles. The minimum absolute atomic E-state index is 0.127. The number of hydrogen-bond donors (Lipinski definition) is 1. The summed E-state index contributed by atoms with van der Waals surface area (Å²) in [6.45, 7) is 3.54. The predicted octanol–water partition coefficient (Wildman–Crippen LogP) is 0.104. The average molecular weight is 200 g/mol. The van der Waals surface area contributed by atoms with Crippen LogP contribution < -0.4 is 10.4 Å². The zero-order valence-corrected chi connectivity index (χ0v) is 7.79. The fraction of sp³-hybridized carbons (Fsp3) is 0.286. The van der Waals surface area contributed by atoms with Gasteiger partial charge in [-0.1, -0.05) is 6.08 Å². The van der Waals surface area contributed by atoms with Crippen molar-refractivity contribution in [1.82, 2.24) is 5.27 Å². The van der Waals surface area contributed by atoms with Gasteiger partial charge in [0.15, 0.2) is 0 Å². The number of aromatic nitrogens is 2. The molecule has 0 aliphatic rings. The van der Waals surface area contributed by atoms with Gasteiger partial charge in [0.1, 0.15) is 5.75 Å². The second kappa shape index (κ2) is 4.66. The summed E-state index contributed by atoms with van der Waals surface area (Å²) in [4.78, 5) is 11.3. The Morgan fingerprint density at radius 1 is 1.92 bits per heavy atom. The lowest BCUT2D eigenvalue weighted by Gasteiger charge is -1.87. The number of thioether (sulfide) groups is 1. The first-order chi connectivity index (χ1) is 6.24. The number of carbonyl (C=O) groups excluding carboxylic acids is 1. The fourth-order valence-electron chi connectivity index (χ4n) is 0.672. The Morgan fingerprint density at radius 3 is 3.23 bits per heavy atom. The van der Waals surface area contributed by atoms with Crippen LogP contribution in [0.3, 0.4) is 0 Å². The highest BCUT2D eigenvalue weighted by atomic mass is 32.2. The molecule has 1 aromatic heterocycles. The molecule has 1 aromatic rings. The van der Waals surface area contributed by atoms with Gasteiger partial charge in [0.2, 0.25) is 5.27 Å². The molecule has 0 aromatic carbocycles. The molecule has 1 rings (SSSR count). The summed E-state index contributed by atoms with van der Waals surface area (Å²) in [6.07, 6.45) is 3.08. The molecule has 0 bridgehead atoms. The minimum Gasteiger partial charge on any atom is -0.362 e. The monoisotopic (exact) mass is 200 g/mol. The number of anilines is 1. The van der Waals surface area contributed by atoms with E-state index in [-0.39, 0.29) is 11.8 Å². The highest BCUT2D eigenvalue weighted by Crippen LogP contribution is 1.99. The third-order valence-electron chi connectivity index (χ3n) is 1.20. The van der Waals surface area contributed by atoms with Crippen LogP contribution in [-0.2, 0) is 0 Å². The Balaban J connectivity index is 2.44. The molecule has 0 atom stereocenters. The minimum atomic E-state index is -0.160. The van der Waals surface area contributed by atoms with Crippen LogP contribution in [0.5, 0.6) is 0 Å². The van der Waals surface area contributed by atoms with Crippen LogP contribution in [0.15, 0.2) is 23.4 Å². The van der Waals surface area contributed by atoms with Crippen molar-refractivity contribution < 1.29 is 14.0 Å². The van der Waals surface area contributed by atoms with E-state index in [2.05, 4.69) is 16.4 Å². The van der Waals surface area contributed by atoms with Crippen molar-refractivity contribution in [3.8, 4) is 0 Å². The van der Waals surface area contributed by atoms with Gasteiger partial charge < -0.3 is 5.73 Å². The van der Waals surface area contributed by atoms with Gasteiger partial charge in [-0.25, -0.2) is 4.79 Å². The van der Waals surface area contributed by atoms with Crippen LogP contribution >= 0.6 is 11.8 Å². The number of rotatable bonds is 4. The van der Waals surface area contributed by atoms with E-state index >= 15 is 0 Å². The van der Waals surface area contributed by atoms with Crippen molar-refractivity contribution >= 4 is 23.6 Å². The lowest BCUT2D eigenvalue weighted by Crippen LogP contribution is -2.44. The molecule has 0 fully saturated rings. The second-order valence-electron chi connectivity index (χ2n) is 2.25. The summed E-state index contributed by atoms with van der Waals surface area (Å²) in [7, 11) is 0. The first-order valence-electron chi connectivity index (χ1n) is 3.60. The summed E-state index contributed by atoms with van der Waals surface area (Å²) in [5, 5.41) is 3.42. The smallest absolute Gasteiger partial charge is 0.362 e. The van der Waals surface area contributed by atoms with Crippen molar-refractivity contribution in [2.24, 2.45) is 0 Å². The lowest BCUT2D eigenvalue weighted by atomic mass is 10.7. The highest BCUT2D eigenvalue weighted by Gasteiger charge is 2.19. The number of nitrogens with zero attached hydrogens (tertiary/aromatic N) is 2. The zero-order valence-electron chi connectivity index (χ0n) is 6.97. The van der Waals surface area contributed by atoms with E-state index in [1.54, 1.807) is 6.08 Å². The van der Waals surface area contributed by atoms with Gasteiger partial charge in [0, 0.05) is 10.4 Å². The van der Waals surface area contributed by atoms with Crippen molar-refractivity contribution in [3.05, 3.63) is 18.9 Å². The highest BCUT2D eigenvalue weighted by molar-refractivity contribution is 8.00. The van der Waals surface area contributed by atoms with Crippen molar-refractivity contribution in [3.63, 3.8) is 0 Å². The quantitative estimate of drug-likeness (QED) is 0.424.